The lowest BCUT2D eigenvalue weighted by Crippen LogP contribution is -2.22. The molecule has 2 rings (SSSR count). The van der Waals surface area contributed by atoms with Gasteiger partial charge in [0.25, 0.3) is 5.91 Å². The van der Waals surface area contributed by atoms with Gasteiger partial charge in [0.15, 0.2) is 17.3 Å². The molecule has 2 aromatic rings. The van der Waals surface area contributed by atoms with Crippen LogP contribution in [0.25, 0.3) is 0 Å². The van der Waals surface area contributed by atoms with E-state index in [1.54, 1.807) is 24.3 Å². The van der Waals surface area contributed by atoms with Crippen molar-refractivity contribution in [3.05, 3.63) is 53.3 Å². The third-order valence-corrected chi connectivity index (χ3v) is 2.92. The van der Waals surface area contributed by atoms with Crippen LogP contribution in [0.3, 0.4) is 0 Å². The molecule has 4 nitrogen and oxygen atoms in total. The number of anilines is 1. The molecule has 0 aromatic heterocycles. The second kappa shape index (κ2) is 6.26. The Morgan fingerprint density at radius 2 is 2.00 bits per heavy atom. The molecule has 110 valence electrons. The Balaban J connectivity index is 2.33. The first-order valence-electron chi connectivity index (χ1n) is 6.63. The largest absolute Gasteiger partial charge is 0.452 e. The van der Waals surface area contributed by atoms with Crippen molar-refractivity contribution in [1.29, 1.82) is 0 Å². The number of benzene rings is 2. The van der Waals surface area contributed by atoms with E-state index in [-0.39, 0.29) is 17.4 Å². The fraction of sp³-hybridized carbons (Fsp3) is 0.188. The van der Waals surface area contributed by atoms with Gasteiger partial charge < -0.3 is 15.8 Å². The number of halogens is 1. The Kier molecular flexibility index (Phi) is 4.42. The molecule has 1 amide bonds. The van der Waals surface area contributed by atoms with Gasteiger partial charge in [-0.2, -0.15) is 0 Å². The molecule has 2 aromatic carbocycles. The predicted octanol–water partition coefficient (Wildman–Crippen LogP) is 3.26. The number of aryl methyl sites for hydroxylation is 1. The van der Waals surface area contributed by atoms with Crippen LogP contribution in [-0.4, -0.2) is 12.5 Å². The minimum atomic E-state index is -0.483. The molecule has 0 bridgehead atoms. The maximum atomic E-state index is 13.7. The van der Waals surface area contributed by atoms with Gasteiger partial charge in [0, 0.05) is 12.1 Å². The van der Waals surface area contributed by atoms with Crippen LogP contribution in [0.2, 0.25) is 0 Å². The lowest BCUT2D eigenvalue weighted by Gasteiger charge is -2.11. The molecule has 21 heavy (non-hydrogen) atoms. The summed E-state index contributed by atoms with van der Waals surface area (Å²) in [6.45, 7) is 4.18. The summed E-state index contributed by atoms with van der Waals surface area (Å²) in [7, 11) is 0. The van der Waals surface area contributed by atoms with Gasteiger partial charge in [0.1, 0.15) is 0 Å². The maximum Gasteiger partial charge on any atom is 0.251 e. The standard InChI is InChI=1S/C16H17FN2O2/c1-3-19-16(20)11-5-7-13(18)15(9-11)21-14-8-10(2)4-6-12(14)17/h4-9H,3,18H2,1-2H3,(H,19,20). The number of nitrogens with two attached hydrogens (primary N) is 1. The number of carbonyl (C=O) groups is 1. The first-order chi connectivity index (χ1) is 10.0. The summed E-state index contributed by atoms with van der Waals surface area (Å²) in [6, 6.07) is 9.22. The first kappa shape index (κ1) is 14.8. The summed E-state index contributed by atoms with van der Waals surface area (Å²) in [5.74, 6) is -0.381. The number of ether oxygens (including phenoxy) is 1. The molecule has 0 aliphatic heterocycles. The number of hydrogen-bond acceptors (Lipinski definition) is 3. The van der Waals surface area contributed by atoms with E-state index >= 15 is 0 Å². The van der Waals surface area contributed by atoms with Gasteiger partial charge in [-0.1, -0.05) is 6.07 Å². The molecule has 0 radical (unpaired) electrons. The number of rotatable bonds is 4. The Morgan fingerprint density at radius 3 is 2.71 bits per heavy atom. The Labute approximate surface area is 122 Å². The predicted molar refractivity (Wildman–Crippen MR) is 80.1 cm³/mol. The van der Waals surface area contributed by atoms with Crippen LogP contribution in [0.15, 0.2) is 36.4 Å². The van der Waals surface area contributed by atoms with Crippen LogP contribution in [0, 0.1) is 12.7 Å². The van der Waals surface area contributed by atoms with Crippen molar-refractivity contribution in [2.24, 2.45) is 0 Å². The lowest BCUT2D eigenvalue weighted by atomic mass is 10.1. The molecule has 5 heteroatoms. The molecule has 0 saturated heterocycles. The van der Waals surface area contributed by atoms with Gasteiger partial charge in [-0.15, -0.1) is 0 Å². The highest BCUT2D eigenvalue weighted by molar-refractivity contribution is 5.95. The first-order valence-corrected chi connectivity index (χ1v) is 6.63. The Hall–Kier alpha value is -2.56. The highest BCUT2D eigenvalue weighted by Crippen LogP contribution is 2.30. The second-order valence-electron chi connectivity index (χ2n) is 4.65. The zero-order chi connectivity index (χ0) is 15.4. The molecule has 0 unspecified atom stereocenters. The van der Waals surface area contributed by atoms with E-state index in [1.807, 2.05) is 13.8 Å². The van der Waals surface area contributed by atoms with Gasteiger partial charge in [-0.3, -0.25) is 4.79 Å². The van der Waals surface area contributed by atoms with E-state index < -0.39 is 5.82 Å². The van der Waals surface area contributed by atoms with E-state index in [2.05, 4.69) is 5.32 Å². The van der Waals surface area contributed by atoms with E-state index in [1.165, 1.54) is 12.1 Å². The number of nitrogen functional groups attached to an aromatic ring is 1. The normalized spacial score (nSPS) is 10.2. The molecule has 0 saturated carbocycles. The molecule has 0 heterocycles. The maximum absolute atomic E-state index is 13.7. The third-order valence-electron chi connectivity index (χ3n) is 2.92. The monoisotopic (exact) mass is 288 g/mol. The van der Waals surface area contributed by atoms with E-state index in [0.29, 0.717) is 17.8 Å². The van der Waals surface area contributed by atoms with Crippen molar-refractivity contribution in [2.45, 2.75) is 13.8 Å². The van der Waals surface area contributed by atoms with Gasteiger partial charge >= 0.3 is 0 Å². The van der Waals surface area contributed by atoms with Crippen LogP contribution >= 0.6 is 0 Å². The van der Waals surface area contributed by atoms with Crippen molar-refractivity contribution in [2.75, 3.05) is 12.3 Å². The van der Waals surface area contributed by atoms with Crippen LogP contribution < -0.4 is 15.8 Å². The summed E-state index contributed by atoms with van der Waals surface area (Å²) in [5.41, 5.74) is 7.43. The zero-order valence-corrected chi connectivity index (χ0v) is 11.9. The Bertz CT molecular complexity index is 671. The van der Waals surface area contributed by atoms with Gasteiger partial charge in [-0.05, 0) is 49.7 Å². The smallest absolute Gasteiger partial charge is 0.251 e. The van der Waals surface area contributed by atoms with Gasteiger partial charge in [0.05, 0.1) is 5.69 Å². The molecule has 0 spiro atoms. The topological polar surface area (TPSA) is 64.4 Å². The lowest BCUT2D eigenvalue weighted by molar-refractivity contribution is 0.0955. The SMILES string of the molecule is CCNC(=O)c1ccc(N)c(Oc2cc(C)ccc2F)c1. The van der Waals surface area contributed by atoms with Crippen molar-refractivity contribution in [3.63, 3.8) is 0 Å². The van der Waals surface area contributed by atoms with Crippen molar-refractivity contribution >= 4 is 11.6 Å². The molecule has 0 fully saturated rings. The van der Waals surface area contributed by atoms with Gasteiger partial charge in [-0.25, -0.2) is 4.39 Å². The van der Waals surface area contributed by atoms with Crippen molar-refractivity contribution in [3.8, 4) is 11.5 Å². The highest BCUT2D eigenvalue weighted by Gasteiger charge is 2.11. The fourth-order valence-electron chi connectivity index (χ4n) is 1.83. The van der Waals surface area contributed by atoms with Crippen molar-refractivity contribution in [1.82, 2.24) is 5.32 Å². The number of carbonyl (C=O) groups excluding carboxylic acids is 1. The summed E-state index contributed by atoms with van der Waals surface area (Å²) in [5, 5.41) is 2.68. The molecular weight excluding hydrogens is 271 g/mol. The van der Waals surface area contributed by atoms with Crippen LogP contribution in [0.5, 0.6) is 11.5 Å². The molecule has 3 N–H and O–H groups in total. The minimum absolute atomic E-state index is 0.0785. The Morgan fingerprint density at radius 1 is 1.24 bits per heavy atom. The summed E-state index contributed by atoms with van der Waals surface area (Å²) < 4.78 is 19.2. The molecule has 0 aliphatic rings. The average Bonchev–Trinajstić information content (AvgIpc) is 2.45. The van der Waals surface area contributed by atoms with Gasteiger partial charge in [0.2, 0.25) is 0 Å². The minimum Gasteiger partial charge on any atom is -0.452 e. The van der Waals surface area contributed by atoms with Crippen LogP contribution in [0.4, 0.5) is 10.1 Å². The summed E-state index contributed by atoms with van der Waals surface area (Å²) in [6.07, 6.45) is 0. The highest BCUT2D eigenvalue weighted by atomic mass is 19.1. The third kappa shape index (κ3) is 3.51. The van der Waals surface area contributed by atoms with E-state index in [0.717, 1.165) is 5.56 Å². The summed E-state index contributed by atoms with van der Waals surface area (Å²) in [4.78, 5) is 11.8. The van der Waals surface area contributed by atoms with E-state index in [9.17, 15) is 9.18 Å². The molecule has 0 aliphatic carbocycles. The van der Waals surface area contributed by atoms with Crippen LogP contribution in [-0.2, 0) is 0 Å². The number of amides is 1. The fourth-order valence-corrected chi connectivity index (χ4v) is 1.83. The van der Waals surface area contributed by atoms with E-state index in [4.69, 9.17) is 10.5 Å². The summed E-state index contributed by atoms with van der Waals surface area (Å²) >= 11 is 0. The number of hydrogen-bond donors (Lipinski definition) is 2. The molecular formula is C16H17FN2O2. The van der Waals surface area contributed by atoms with Crippen LogP contribution in [0.1, 0.15) is 22.8 Å². The zero-order valence-electron chi connectivity index (χ0n) is 11.9. The second-order valence-corrected chi connectivity index (χ2v) is 4.65. The molecule has 0 atom stereocenters. The quantitative estimate of drug-likeness (QED) is 0.849. The van der Waals surface area contributed by atoms with Crippen molar-refractivity contribution < 1.29 is 13.9 Å². The number of nitrogens with one attached hydrogen (secondary N) is 1. The average molecular weight is 288 g/mol.